The van der Waals surface area contributed by atoms with E-state index >= 15 is 0 Å². The highest BCUT2D eigenvalue weighted by atomic mass is 19.3. The number of aryl methyl sites for hydroxylation is 1. The van der Waals surface area contributed by atoms with Gasteiger partial charge in [-0.15, -0.1) is 0 Å². The van der Waals surface area contributed by atoms with E-state index in [0.29, 0.717) is 64.6 Å². The number of fused-ring (bicyclic) bond motifs is 1. The van der Waals surface area contributed by atoms with E-state index in [9.17, 15) is 18.0 Å². The van der Waals surface area contributed by atoms with Gasteiger partial charge in [0, 0.05) is 55.2 Å². The van der Waals surface area contributed by atoms with E-state index in [4.69, 9.17) is 4.74 Å². The molecule has 41 heavy (non-hydrogen) atoms. The number of likely N-dealkylation sites (tertiary alicyclic amines) is 1. The Bertz CT molecular complexity index is 1580. The first-order chi connectivity index (χ1) is 19.7. The van der Waals surface area contributed by atoms with Crippen LogP contribution in [0.5, 0.6) is 5.75 Å². The van der Waals surface area contributed by atoms with Crippen LogP contribution < -0.4 is 15.4 Å². The molecule has 10 heteroatoms. The van der Waals surface area contributed by atoms with Crippen molar-refractivity contribution in [3.05, 3.63) is 85.0 Å². The number of ether oxygens (including phenoxy) is 1. The topological polar surface area (TPSA) is 79.4 Å². The first-order valence-electron chi connectivity index (χ1n) is 13.3. The van der Waals surface area contributed by atoms with Crippen molar-refractivity contribution in [1.82, 2.24) is 14.9 Å². The molecule has 0 aliphatic carbocycles. The van der Waals surface area contributed by atoms with E-state index in [1.54, 1.807) is 18.2 Å². The van der Waals surface area contributed by atoms with Crippen LogP contribution in [0.25, 0.3) is 22.0 Å². The second kappa shape index (κ2) is 12.0. The molecule has 7 nitrogen and oxygen atoms in total. The number of nitrogens with zero attached hydrogens (tertiary/aromatic N) is 3. The third kappa shape index (κ3) is 6.83. The lowest BCUT2D eigenvalue weighted by Crippen LogP contribution is -2.41. The summed E-state index contributed by atoms with van der Waals surface area (Å²) in [5, 5.41) is 6.66. The van der Waals surface area contributed by atoms with Gasteiger partial charge in [-0.2, -0.15) is 0 Å². The van der Waals surface area contributed by atoms with Crippen molar-refractivity contribution in [1.29, 1.82) is 0 Å². The zero-order valence-corrected chi connectivity index (χ0v) is 22.6. The molecule has 1 saturated heterocycles. The molecule has 1 aromatic heterocycles. The van der Waals surface area contributed by atoms with Gasteiger partial charge in [0.15, 0.2) is 0 Å². The molecular formula is C31H30F3N5O2. The average Bonchev–Trinajstić information content (AvgIpc) is 2.94. The SMILES string of the molecule is C=CC(=O)Nc1cc2c(Nc3cccc(-c4ccc(C)cc4F)c3)ncnc2cc1OCCN1CCC(F)(F)CC1. The Morgan fingerprint density at radius 2 is 1.93 bits per heavy atom. The molecule has 5 rings (SSSR count). The molecule has 0 radical (unpaired) electrons. The number of nitrogens with one attached hydrogen (secondary N) is 2. The minimum atomic E-state index is -2.61. The predicted octanol–water partition coefficient (Wildman–Crippen LogP) is 6.72. The van der Waals surface area contributed by atoms with Crippen molar-refractivity contribution in [2.45, 2.75) is 25.7 Å². The second-order valence-corrected chi connectivity index (χ2v) is 10.0. The van der Waals surface area contributed by atoms with Crippen molar-refractivity contribution in [2.24, 2.45) is 0 Å². The summed E-state index contributed by atoms with van der Waals surface area (Å²) in [7, 11) is 0. The number of carbonyl (C=O) groups excluding carboxylic acids is 1. The Morgan fingerprint density at radius 1 is 1.12 bits per heavy atom. The van der Waals surface area contributed by atoms with Crippen LogP contribution in [0.1, 0.15) is 18.4 Å². The summed E-state index contributed by atoms with van der Waals surface area (Å²) in [5.74, 6) is -2.47. The summed E-state index contributed by atoms with van der Waals surface area (Å²) in [5.41, 5.74) is 3.67. The zero-order chi connectivity index (χ0) is 29.0. The molecule has 0 spiro atoms. The summed E-state index contributed by atoms with van der Waals surface area (Å²) in [6.45, 7) is 6.67. The maximum Gasteiger partial charge on any atom is 0.250 e. The van der Waals surface area contributed by atoms with Gasteiger partial charge in [0.1, 0.15) is 30.3 Å². The van der Waals surface area contributed by atoms with Crippen LogP contribution >= 0.6 is 0 Å². The molecular weight excluding hydrogens is 531 g/mol. The Kier molecular flexibility index (Phi) is 8.21. The number of piperidine rings is 1. The summed E-state index contributed by atoms with van der Waals surface area (Å²) in [6.07, 6.45) is 2.23. The van der Waals surface area contributed by atoms with Gasteiger partial charge < -0.3 is 15.4 Å². The summed E-state index contributed by atoms with van der Waals surface area (Å²) in [6, 6.07) is 15.8. The van der Waals surface area contributed by atoms with Gasteiger partial charge in [-0.25, -0.2) is 23.1 Å². The number of carbonyl (C=O) groups is 1. The van der Waals surface area contributed by atoms with Crippen molar-refractivity contribution in [3.63, 3.8) is 0 Å². The standard InChI is InChI=1S/C31H30F3N5O2/c1-3-29(40)38-27-17-24-26(18-28(27)41-14-13-39-11-9-31(33,34)10-12-39)35-19-36-30(24)37-22-6-4-5-21(16-22)23-8-7-20(2)15-25(23)32/h3-8,15-19H,1,9-14H2,2H3,(H,38,40)(H,35,36,37). The lowest BCUT2D eigenvalue weighted by Gasteiger charge is -2.31. The Hall–Kier alpha value is -4.44. The highest BCUT2D eigenvalue weighted by molar-refractivity contribution is 6.03. The van der Waals surface area contributed by atoms with Crippen LogP contribution in [0, 0.1) is 12.7 Å². The number of benzene rings is 3. The highest BCUT2D eigenvalue weighted by Gasteiger charge is 2.33. The van der Waals surface area contributed by atoms with E-state index in [0.717, 1.165) is 11.6 Å². The molecule has 1 aliphatic rings. The first-order valence-corrected chi connectivity index (χ1v) is 13.3. The minimum absolute atomic E-state index is 0.167. The maximum atomic E-state index is 14.6. The molecule has 212 valence electrons. The van der Waals surface area contributed by atoms with Crippen molar-refractivity contribution >= 4 is 34.0 Å². The number of anilines is 3. The van der Waals surface area contributed by atoms with Gasteiger partial charge in [0.05, 0.1) is 11.2 Å². The molecule has 2 N–H and O–H groups in total. The molecule has 0 atom stereocenters. The Balaban J connectivity index is 1.39. The molecule has 0 bridgehead atoms. The lowest BCUT2D eigenvalue weighted by molar-refractivity contribution is -0.111. The quantitative estimate of drug-likeness (QED) is 0.221. The van der Waals surface area contributed by atoms with Crippen molar-refractivity contribution < 1.29 is 22.7 Å². The number of hydrogen-bond donors (Lipinski definition) is 2. The van der Waals surface area contributed by atoms with Crippen LogP contribution in [0.15, 0.2) is 73.6 Å². The van der Waals surface area contributed by atoms with Gasteiger partial charge in [-0.05, 0) is 48.4 Å². The second-order valence-electron chi connectivity index (χ2n) is 10.0. The third-order valence-corrected chi connectivity index (χ3v) is 6.99. The van der Waals surface area contributed by atoms with E-state index < -0.39 is 11.8 Å². The van der Waals surface area contributed by atoms with Gasteiger partial charge in [0.2, 0.25) is 5.91 Å². The summed E-state index contributed by atoms with van der Waals surface area (Å²) in [4.78, 5) is 22.9. The van der Waals surface area contributed by atoms with E-state index in [2.05, 4.69) is 27.2 Å². The van der Waals surface area contributed by atoms with Gasteiger partial charge in [-0.1, -0.05) is 30.8 Å². The van der Waals surface area contributed by atoms with Crippen LogP contribution in [0.3, 0.4) is 0 Å². The smallest absolute Gasteiger partial charge is 0.250 e. The Labute approximate surface area is 236 Å². The van der Waals surface area contributed by atoms with Gasteiger partial charge in [0.25, 0.3) is 5.92 Å². The molecule has 1 aliphatic heterocycles. The molecule has 3 aromatic carbocycles. The fraction of sp³-hybridized carbons (Fsp3) is 0.258. The lowest BCUT2D eigenvalue weighted by atomic mass is 10.0. The molecule has 1 amide bonds. The van der Waals surface area contributed by atoms with Crippen LogP contribution in [0.2, 0.25) is 0 Å². The number of halogens is 3. The normalized spacial score (nSPS) is 14.9. The van der Waals surface area contributed by atoms with Crippen LogP contribution in [0.4, 0.5) is 30.4 Å². The zero-order valence-electron chi connectivity index (χ0n) is 22.6. The van der Waals surface area contributed by atoms with E-state index in [1.807, 2.05) is 42.2 Å². The number of alkyl halides is 2. The molecule has 1 fully saturated rings. The average molecular weight is 562 g/mol. The number of hydrogen-bond acceptors (Lipinski definition) is 6. The molecule has 0 saturated carbocycles. The molecule has 0 unspecified atom stereocenters. The van der Waals surface area contributed by atoms with Crippen LogP contribution in [-0.2, 0) is 4.79 Å². The van der Waals surface area contributed by atoms with Crippen molar-refractivity contribution in [2.75, 3.05) is 36.9 Å². The van der Waals surface area contributed by atoms with Crippen LogP contribution in [-0.4, -0.2) is 52.9 Å². The third-order valence-electron chi connectivity index (χ3n) is 6.99. The number of rotatable bonds is 9. The summed E-state index contributed by atoms with van der Waals surface area (Å²) >= 11 is 0. The summed E-state index contributed by atoms with van der Waals surface area (Å²) < 4.78 is 47.6. The fourth-order valence-corrected chi connectivity index (χ4v) is 4.73. The number of aromatic nitrogens is 2. The monoisotopic (exact) mass is 561 g/mol. The molecule has 2 heterocycles. The molecule has 4 aromatic rings. The Morgan fingerprint density at radius 3 is 2.68 bits per heavy atom. The van der Waals surface area contributed by atoms with Gasteiger partial charge in [-0.3, -0.25) is 9.69 Å². The largest absolute Gasteiger partial charge is 0.490 e. The highest BCUT2D eigenvalue weighted by Crippen LogP contribution is 2.34. The first kappa shape index (κ1) is 28.1. The van der Waals surface area contributed by atoms with E-state index in [-0.39, 0.29) is 25.3 Å². The fourth-order valence-electron chi connectivity index (χ4n) is 4.73. The predicted molar refractivity (Wildman–Crippen MR) is 154 cm³/mol. The van der Waals surface area contributed by atoms with Crippen molar-refractivity contribution in [3.8, 4) is 16.9 Å². The van der Waals surface area contributed by atoms with Gasteiger partial charge >= 0.3 is 0 Å². The minimum Gasteiger partial charge on any atom is -0.490 e. The number of amides is 1. The maximum absolute atomic E-state index is 14.6. The van der Waals surface area contributed by atoms with E-state index in [1.165, 1.54) is 12.4 Å².